The van der Waals surface area contributed by atoms with Crippen molar-refractivity contribution in [2.24, 2.45) is 5.73 Å². The third-order valence-corrected chi connectivity index (χ3v) is 5.82. The topological polar surface area (TPSA) is 68.5 Å². The molecule has 6 heteroatoms. The van der Waals surface area contributed by atoms with Crippen molar-refractivity contribution in [3.8, 4) is 11.3 Å². The summed E-state index contributed by atoms with van der Waals surface area (Å²) in [5.74, 6) is -0.363. The minimum atomic E-state index is -0.363. The zero-order chi connectivity index (χ0) is 14.8. The molecular weight excluding hydrogens is 333 g/mol. The van der Waals surface area contributed by atoms with Crippen LogP contribution in [0.15, 0.2) is 24.3 Å². The molecule has 1 fully saturated rings. The summed E-state index contributed by atoms with van der Waals surface area (Å²) in [5, 5.41) is 0. The summed E-state index contributed by atoms with van der Waals surface area (Å²) >= 11 is -0.122. The van der Waals surface area contributed by atoms with E-state index in [2.05, 4.69) is 4.90 Å². The Morgan fingerprint density at radius 1 is 1.29 bits per heavy atom. The summed E-state index contributed by atoms with van der Waals surface area (Å²) in [5.41, 5.74) is 8.43. The molecule has 0 aliphatic carbocycles. The second kappa shape index (κ2) is 6.02. The van der Waals surface area contributed by atoms with Gasteiger partial charge in [-0.2, -0.15) is 0 Å². The number of amides is 1. The molecule has 1 aliphatic rings. The number of aryl methyl sites for hydroxylation is 1. The van der Waals surface area contributed by atoms with Gasteiger partial charge in [0.15, 0.2) is 0 Å². The monoisotopic (exact) mass is 351 g/mol. The number of primary amides is 1. The first kappa shape index (κ1) is 14.3. The van der Waals surface area contributed by atoms with Crippen molar-refractivity contribution in [1.82, 2.24) is 4.98 Å². The summed E-state index contributed by atoms with van der Waals surface area (Å²) in [7, 11) is 0. The Labute approximate surface area is 129 Å². The standard InChI is InChI=1S/C15H17N3O2Se/c1-10-2-4-11(5-3-10)12-13(14(16)19)21-15(17-12)18-6-8-20-9-7-18/h2-5H,6-9H2,1H3,(H2,16,19). The molecule has 2 N–H and O–H groups in total. The second-order valence-electron chi connectivity index (χ2n) is 5.00. The van der Waals surface area contributed by atoms with Gasteiger partial charge < -0.3 is 0 Å². The first-order valence-corrected chi connectivity index (χ1v) is 8.57. The van der Waals surface area contributed by atoms with E-state index in [1.807, 2.05) is 31.2 Å². The fourth-order valence-corrected chi connectivity index (χ4v) is 4.35. The fourth-order valence-electron chi connectivity index (χ4n) is 2.27. The molecule has 0 bridgehead atoms. The summed E-state index contributed by atoms with van der Waals surface area (Å²) in [4.78, 5) is 18.7. The summed E-state index contributed by atoms with van der Waals surface area (Å²) in [6, 6.07) is 8.04. The molecule has 1 aliphatic heterocycles. The van der Waals surface area contributed by atoms with E-state index in [0.717, 1.165) is 29.0 Å². The van der Waals surface area contributed by atoms with E-state index in [0.29, 0.717) is 17.7 Å². The van der Waals surface area contributed by atoms with Gasteiger partial charge in [-0.25, -0.2) is 0 Å². The van der Waals surface area contributed by atoms with E-state index in [1.54, 1.807) is 0 Å². The molecule has 3 rings (SSSR count). The van der Waals surface area contributed by atoms with Gasteiger partial charge in [-0.05, 0) is 0 Å². The van der Waals surface area contributed by atoms with E-state index in [9.17, 15) is 4.79 Å². The number of benzene rings is 1. The number of carbonyl (C=O) groups excluding carboxylic acids is 1. The van der Waals surface area contributed by atoms with Crippen LogP contribution in [0.4, 0.5) is 4.69 Å². The molecule has 2 heterocycles. The van der Waals surface area contributed by atoms with Crippen LogP contribution in [0.2, 0.25) is 0 Å². The van der Waals surface area contributed by atoms with Gasteiger partial charge in [0.05, 0.1) is 0 Å². The third-order valence-electron chi connectivity index (χ3n) is 3.45. The number of nitrogens with zero attached hydrogens (tertiary/aromatic N) is 2. The van der Waals surface area contributed by atoms with Crippen molar-refractivity contribution in [3.63, 3.8) is 0 Å². The average molecular weight is 350 g/mol. The molecule has 1 aromatic carbocycles. The first-order chi connectivity index (χ1) is 10.1. The molecular formula is C15H17N3O2Se. The Balaban J connectivity index is 2.00. The van der Waals surface area contributed by atoms with Crippen LogP contribution < -0.4 is 10.6 Å². The van der Waals surface area contributed by atoms with Gasteiger partial charge in [-0.1, -0.05) is 0 Å². The molecule has 110 valence electrons. The van der Waals surface area contributed by atoms with Crippen LogP contribution in [0.25, 0.3) is 11.3 Å². The van der Waals surface area contributed by atoms with E-state index >= 15 is 0 Å². The van der Waals surface area contributed by atoms with E-state index in [1.165, 1.54) is 5.56 Å². The number of hydrogen-bond acceptors (Lipinski definition) is 4. The van der Waals surface area contributed by atoms with E-state index in [-0.39, 0.29) is 20.4 Å². The van der Waals surface area contributed by atoms with Crippen LogP contribution >= 0.6 is 0 Å². The van der Waals surface area contributed by atoms with Gasteiger partial charge in [0.25, 0.3) is 0 Å². The maximum atomic E-state index is 11.7. The minimum absolute atomic E-state index is 0.122. The molecule has 21 heavy (non-hydrogen) atoms. The van der Waals surface area contributed by atoms with Crippen molar-refractivity contribution < 1.29 is 9.53 Å². The van der Waals surface area contributed by atoms with Crippen molar-refractivity contribution in [2.75, 3.05) is 31.2 Å². The van der Waals surface area contributed by atoms with Crippen LogP contribution in [0.1, 0.15) is 14.8 Å². The Kier molecular flexibility index (Phi) is 4.10. The maximum absolute atomic E-state index is 11.7. The van der Waals surface area contributed by atoms with E-state index < -0.39 is 0 Å². The SMILES string of the molecule is Cc1ccc(-c2nc(N3CCOCC3)[se]c2C(N)=O)cc1. The zero-order valence-corrected chi connectivity index (χ0v) is 13.5. The molecule has 2 aromatic rings. The number of anilines is 1. The van der Waals surface area contributed by atoms with Crippen LogP contribution in [-0.4, -0.2) is 51.7 Å². The van der Waals surface area contributed by atoms with E-state index in [4.69, 9.17) is 15.5 Å². The van der Waals surface area contributed by atoms with Crippen molar-refractivity contribution in [2.45, 2.75) is 6.92 Å². The van der Waals surface area contributed by atoms with Gasteiger partial charge in [0.2, 0.25) is 0 Å². The van der Waals surface area contributed by atoms with Gasteiger partial charge in [0, 0.05) is 0 Å². The third kappa shape index (κ3) is 3.02. The number of ether oxygens (including phenoxy) is 1. The van der Waals surface area contributed by atoms with Gasteiger partial charge in [-0.15, -0.1) is 0 Å². The first-order valence-electron chi connectivity index (χ1n) is 6.85. The van der Waals surface area contributed by atoms with Crippen LogP contribution in [0, 0.1) is 6.92 Å². The fraction of sp³-hybridized carbons (Fsp3) is 0.333. The predicted molar refractivity (Wildman–Crippen MR) is 82.9 cm³/mol. The number of carbonyl (C=O) groups is 1. The zero-order valence-electron chi connectivity index (χ0n) is 11.8. The number of nitrogens with two attached hydrogens (primary N) is 1. The molecule has 0 spiro atoms. The number of rotatable bonds is 3. The van der Waals surface area contributed by atoms with Crippen LogP contribution in [0.5, 0.6) is 0 Å². The molecule has 1 saturated heterocycles. The van der Waals surface area contributed by atoms with Crippen molar-refractivity contribution >= 4 is 25.1 Å². The molecule has 1 amide bonds. The molecule has 0 saturated carbocycles. The second-order valence-corrected chi connectivity index (χ2v) is 7.05. The molecule has 0 radical (unpaired) electrons. The number of hydrogen-bond donors (Lipinski definition) is 1. The Morgan fingerprint density at radius 2 is 1.95 bits per heavy atom. The van der Waals surface area contributed by atoms with Crippen LogP contribution in [0.3, 0.4) is 0 Å². The van der Waals surface area contributed by atoms with Gasteiger partial charge in [-0.3, -0.25) is 0 Å². The predicted octanol–water partition coefficient (Wildman–Crippen LogP) is 1.05. The Bertz CT molecular complexity index is 645. The van der Waals surface area contributed by atoms with Gasteiger partial charge in [0.1, 0.15) is 0 Å². The Hall–Kier alpha value is -1.62. The number of aromatic nitrogens is 1. The molecule has 5 nitrogen and oxygen atoms in total. The quantitative estimate of drug-likeness (QED) is 0.841. The van der Waals surface area contributed by atoms with Crippen molar-refractivity contribution in [1.29, 1.82) is 0 Å². The summed E-state index contributed by atoms with van der Waals surface area (Å²) in [6.07, 6.45) is 0. The Morgan fingerprint density at radius 3 is 2.57 bits per heavy atom. The average Bonchev–Trinajstić information content (AvgIpc) is 2.94. The van der Waals surface area contributed by atoms with Crippen molar-refractivity contribution in [3.05, 3.63) is 34.3 Å². The van der Waals surface area contributed by atoms with Gasteiger partial charge >= 0.3 is 129 Å². The summed E-state index contributed by atoms with van der Waals surface area (Å²) < 4.78 is 7.00. The number of morpholine rings is 1. The summed E-state index contributed by atoms with van der Waals surface area (Å²) in [6.45, 7) is 5.11. The molecule has 1 aromatic heterocycles. The molecule has 0 atom stereocenters. The van der Waals surface area contributed by atoms with Crippen LogP contribution in [-0.2, 0) is 4.74 Å². The normalized spacial score (nSPS) is 15.2. The molecule has 0 unspecified atom stereocenters.